The maximum atomic E-state index is 12.6. The van der Waals surface area contributed by atoms with Crippen LogP contribution < -0.4 is 10.6 Å². The summed E-state index contributed by atoms with van der Waals surface area (Å²) in [6.45, 7) is -3.43. The van der Waals surface area contributed by atoms with Crippen LogP contribution in [0.5, 0.6) is 0 Å². The minimum atomic E-state index is -1.34. The van der Waals surface area contributed by atoms with Gasteiger partial charge in [-0.2, -0.15) is 0 Å². The van der Waals surface area contributed by atoms with Crippen molar-refractivity contribution in [1.82, 2.24) is 45.3 Å². The Morgan fingerprint density at radius 3 is 1.21 bits per heavy atom. The number of aliphatic carboxylic acids is 5. The first kappa shape index (κ1) is 37.8. The van der Waals surface area contributed by atoms with Gasteiger partial charge in [0, 0.05) is 62.8 Å². The third-order valence-electron chi connectivity index (χ3n) is 6.50. The molecule has 2 amide bonds. The van der Waals surface area contributed by atoms with E-state index in [1.807, 2.05) is 0 Å². The lowest BCUT2D eigenvalue weighted by Crippen LogP contribution is -2.50. The molecular formula is C26H37N9O12. The molecule has 21 nitrogen and oxygen atoms in total. The lowest BCUT2D eigenvalue weighted by Gasteiger charge is -2.28. The monoisotopic (exact) mass is 667 g/mol. The number of carbonyl (C=O) groups is 7. The first-order valence-electron chi connectivity index (χ1n) is 14.0. The smallest absolute Gasteiger partial charge is 0.326 e. The normalized spacial score (nSPS) is 12.5. The second kappa shape index (κ2) is 19.2. The minimum absolute atomic E-state index is 0.109. The molecule has 0 fully saturated rings. The molecule has 2 rings (SSSR count). The number of carbonyl (C=O) groups excluding carboxylic acids is 2. The van der Waals surface area contributed by atoms with E-state index in [1.54, 1.807) is 0 Å². The Morgan fingerprint density at radius 1 is 0.574 bits per heavy atom. The number of imidazole rings is 2. The predicted molar refractivity (Wildman–Crippen MR) is 156 cm³/mol. The van der Waals surface area contributed by atoms with E-state index in [0.29, 0.717) is 11.4 Å². The Morgan fingerprint density at radius 2 is 0.915 bits per heavy atom. The third kappa shape index (κ3) is 15.4. The highest BCUT2D eigenvalue weighted by Gasteiger charge is 2.25. The van der Waals surface area contributed by atoms with E-state index in [1.165, 1.54) is 29.9 Å². The Balaban J connectivity index is 2.02. The molecule has 258 valence electrons. The van der Waals surface area contributed by atoms with Crippen LogP contribution in [0.4, 0.5) is 0 Å². The topological polar surface area (TPSA) is 312 Å². The number of hydrogen-bond acceptors (Lipinski definition) is 12. The maximum absolute atomic E-state index is 12.6. The van der Waals surface area contributed by atoms with Gasteiger partial charge in [-0.1, -0.05) is 0 Å². The van der Waals surface area contributed by atoms with Crippen LogP contribution in [0.25, 0.3) is 0 Å². The average molecular weight is 668 g/mol. The van der Waals surface area contributed by atoms with Gasteiger partial charge < -0.3 is 46.1 Å². The number of rotatable bonds is 24. The van der Waals surface area contributed by atoms with Crippen LogP contribution in [0.15, 0.2) is 25.0 Å². The number of nitrogens with one attached hydrogen (secondary N) is 4. The number of nitrogens with zero attached hydrogens (tertiary/aromatic N) is 5. The lowest BCUT2D eigenvalue weighted by molar-refractivity contribution is -0.143. The summed E-state index contributed by atoms with van der Waals surface area (Å²) in [6.07, 6.45) is 5.21. The molecule has 0 unspecified atom stereocenters. The summed E-state index contributed by atoms with van der Waals surface area (Å²) in [5.41, 5.74) is 0.879. The van der Waals surface area contributed by atoms with E-state index in [2.05, 4.69) is 30.6 Å². The number of aromatic nitrogens is 4. The summed E-state index contributed by atoms with van der Waals surface area (Å²) < 4.78 is 0. The molecule has 0 radical (unpaired) electrons. The van der Waals surface area contributed by atoms with Crippen molar-refractivity contribution in [1.29, 1.82) is 0 Å². The summed E-state index contributed by atoms with van der Waals surface area (Å²) in [5.74, 6) is -8.13. The Bertz CT molecular complexity index is 1260. The molecule has 21 heteroatoms. The summed E-state index contributed by atoms with van der Waals surface area (Å²) in [7, 11) is 0. The zero-order chi connectivity index (χ0) is 34.9. The summed E-state index contributed by atoms with van der Waals surface area (Å²) in [5, 5.41) is 51.7. The van der Waals surface area contributed by atoms with Gasteiger partial charge >= 0.3 is 29.8 Å². The van der Waals surface area contributed by atoms with Crippen LogP contribution in [0.3, 0.4) is 0 Å². The standard InChI is InChI=1S/C26H37N9O12/c36-20(31-18(25(44)45)5-16-7-27-14-29-16)9-34(12-23(40)41)3-1-33(11-22(38)39)2-4-35(13-24(42)43)10-21(37)32-19(26(46)47)6-17-8-28-15-30-17/h7-8,14-15,18-19H,1-6,9-13H2,(H,27,29)(H,28,30)(H,31,36)(H,32,37)(H,38,39)(H,40,41)(H,42,43)(H,44,45)(H,46,47)/t18-,19-/m0/s1. The van der Waals surface area contributed by atoms with Crippen LogP contribution in [0, 0.1) is 0 Å². The Kier molecular flexibility index (Phi) is 15.4. The third-order valence-corrected chi connectivity index (χ3v) is 6.50. The van der Waals surface area contributed by atoms with Crippen LogP contribution in [0.1, 0.15) is 11.4 Å². The molecule has 0 saturated carbocycles. The van der Waals surface area contributed by atoms with E-state index in [9.17, 15) is 59.1 Å². The highest BCUT2D eigenvalue weighted by molar-refractivity contribution is 5.86. The highest BCUT2D eigenvalue weighted by atomic mass is 16.4. The van der Waals surface area contributed by atoms with E-state index in [0.717, 1.165) is 9.80 Å². The molecule has 0 aliphatic heterocycles. The van der Waals surface area contributed by atoms with Gasteiger partial charge in [0.05, 0.1) is 45.4 Å². The number of H-pyrrole nitrogens is 2. The molecule has 9 N–H and O–H groups in total. The number of hydrogen-bond donors (Lipinski definition) is 9. The molecule has 2 aromatic heterocycles. The molecule has 0 spiro atoms. The van der Waals surface area contributed by atoms with Crippen molar-refractivity contribution in [3.05, 3.63) is 36.4 Å². The van der Waals surface area contributed by atoms with Crippen molar-refractivity contribution in [2.75, 3.05) is 58.9 Å². The van der Waals surface area contributed by atoms with Gasteiger partial charge in [0.2, 0.25) is 11.8 Å². The SMILES string of the molecule is O=C(O)CN(CCN(CC(=O)O)CC(=O)N[C@@H](Cc1cnc[nH]1)C(=O)O)CCN(CC(=O)O)CC(=O)N[C@@H](Cc1cnc[nH]1)C(=O)O. The Labute approximate surface area is 266 Å². The fourth-order valence-electron chi connectivity index (χ4n) is 4.36. The van der Waals surface area contributed by atoms with Gasteiger partial charge in [-0.05, 0) is 0 Å². The van der Waals surface area contributed by atoms with E-state index in [4.69, 9.17) is 0 Å². The molecule has 47 heavy (non-hydrogen) atoms. The molecule has 0 saturated heterocycles. The van der Waals surface area contributed by atoms with Crippen LogP contribution in [-0.2, 0) is 46.4 Å². The number of carboxylic acid groups (broad SMARTS) is 5. The quantitative estimate of drug-likeness (QED) is 0.0518. The molecule has 2 aromatic rings. The van der Waals surface area contributed by atoms with Crippen LogP contribution >= 0.6 is 0 Å². The fourth-order valence-corrected chi connectivity index (χ4v) is 4.36. The van der Waals surface area contributed by atoms with Crippen molar-refractivity contribution < 1.29 is 59.1 Å². The minimum Gasteiger partial charge on any atom is -0.480 e. The molecule has 0 aromatic carbocycles. The summed E-state index contributed by atoms with van der Waals surface area (Å²) in [6, 6.07) is -2.68. The van der Waals surface area contributed by atoms with E-state index < -0.39 is 86.5 Å². The zero-order valence-electron chi connectivity index (χ0n) is 25.1. The van der Waals surface area contributed by atoms with Crippen molar-refractivity contribution in [3.63, 3.8) is 0 Å². The molecular weight excluding hydrogens is 630 g/mol. The van der Waals surface area contributed by atoms with Crippen LogP contribution in [0.2, 0.25) is 0 Å². The second-order valence-corrected chi connectivity index (χ2v) is 10.4. The molecule has 0 bridgehead atoms. The van der Waals surface area contributed by atoms with Crippen molar-refractivity contribution in [2.45, 2.75) is 24.9 Å². The van der Waals surface area contributed by atoms with Gasteiger partial charge in [0.15, 0.2) is 0 Å². The first-order valence-corrected chi connectivity index (χ1v) is 14.0. The largest absolute Gasteiger partial charge is 0.480 e. The molecule has 0 aliphatic rings. The zero-order valence-corrected chi connectivity index (χ0v) is 25.1. The molecule has 0 aliphatic carbocycles. The number of amides is 2. The van der Waals surface area contributed by atoms with Crippen molar-refractivity contribution in [3.8, 4) is 0 Å². The Hall–Kier alpha value is -5.41. The van der Waals surface area contributed by atoms with Gasteiger partial charge in [-0.15, -0.1) is 0 Å². The van der Waals surface area contributed by atoms with Gasteiger partial charge in [0.1, 0.15) is 12.1 Å². The molecule has 2 heterocycles. The summed E-state index contributed by atoms with van der Waals surface area (Å²) >= 11 is 0. The number of aromatic amines is 2. The van der Waals surface area contributed by atoms with Crippen LogP contribution in [-0.4, -0.2) is 173 Å². The van der Waals surface area contributed by atoms with Crippen molar-refractivity contribution in [2.24, 2.45) is 0 Å². The van der Waals surface area contributed by atoms with E-state index in [-0.39, 0.29) is 39.0 Å². The fraction of sp³-hybridized carbons (Fsp3) is 0.500. The lowest BCUT2D eigenvalue weighted by atomic mass is 10.1. The van der Waals surface area contributed by atoms with Gasteiger partial charge in [0.25, 0.3) is 0 Å². The van der Waals surface area contributed by atoms with E-state index >= 15 is 0 Å². The highest BCUT2D eigenvalue weighted by Crippen LogP contribution is 2.02. The number of carboxylic acids is 5. The van der Waals surface area contributed by atoms with Gasteiger partial charge in [-0.25, -0.2) is 19.6 Å². The average Bonchev–Trinajstić information content (AvgIpc) is 3.67. The predicted octanol–water partition coefficient (Wildman–Crippen LogP) is -3.78. The maximum Gasteiger partial charge on any atom is 0.326 e. The van der Waals surface area contributed by atoms with Crippen molar-refractivity contribution >= 4 is 41.7 Å². The first-order chi connectivity index (χ1) is 22.2. The summed E-state index contributed by atoms with van der Waals surface area (Å²) in [4.78, 5) is 99.7. The van der Waals surface area contributed by atoms with Gasteiger partial charge in [-0.3, -0.25) is 38.7 Å². The second-order valence-electron chi connectivity index (χ2n) is 10.4. The molecule has 2 atom stereocenters.